The number of hydrogen-bond acceptors (Lipinski definition) is 5. The Morgan fingerprint density at radius 1 is 1.32 bits per heavy atom. The average Bonchev–Trinajstić information content (AvgIpc) is 2.81. The molecule has 1 fully saturated rings. The van der Waals surface area contributed by atoms with Crippen LogP contribution in [0.15, 0.2) is 21.7 Å². The number of thiophene rings is 1. The van der Waals surface area contributed by atoms with Gasteiger partial charge in [0.15, 0.2) is 0 Å². The van der Waals surface area contributed by atoms with E-state index in [1.807, 2.05) is 0 Å². The molecule has 0 spiro atoms. The smallest absolute Gasteiger partial charge is 0.252 e. The first kappa shape index (κ1) is 14.9. The molecule has 0 atom stereocenters. The predicted octanol–water partition coefficient (Wildman–Crippen LogP) is 0.825. The zero-order valence-corrected chi connectivity index (χ0v) is 12.9. The number of hydrogen-bond donors (Lipinski definition) is 1. The minimum atomic E-state index is -3.32. The molecule has 0 aliphatic carbocycles. The molecule has 19 heavy (non-hydrogen) atoms. The van der Waals surface area contributed by atoms with Gasteiger partial charge in [-0.15, -0.1) is 11.3 Å². The van der Waals surface area contributed by atoms with Gasteiger partial charge in [-0.2, -0.15) is 4.31 Å². The summed E-state index contributed by atoms with van der Waals surface area (Å²) in [7, 11) is -3.32. The van der Waals surface area contributed by atoms with Gasteiger partial charge in [-0.1, -0.05) is 6.07 Å². The van der Waals surface area contributed by atoms with Crippen LogP contribution in [0.25, 0.3) is 0 Å². The van der Waals surface area contributed by atoms with Crippen LogP contribution in [-0.4, -0.2) is 61.1 Å². The highest BCUT2D eigenvalue weighted by Crippen LogP contribution is 2.22. The van der Waals surface area contributed by atoms with E-state index in [1.165, 1.54) is 15.6 Å². The van der Waals surface area contributed by atoms with Crippen molar-refractivity contribution in [2.45, 2.75) is 23.7 Å². The van der Waals surface area contributed by atoms with Crippen molar-refractivity contribution in [1.82, 2.24) is 9.21 Å². The largest absolute Gasteiger partial charge is 0.389 e. The van der Waals surface area contributed by atoms with Crippen molar-refractivity contribution < 1.29 is 13.5 Å². The summed E-state index contributed by atoms with van der Waals surface area (Å²) in [6.45, 7) is 6.39. The maximum Gasteiger partial charge on any atom is 0.252 e. The van der Waals surface area contributed by atoms with Gasteiger partial charge in [0.25, 0.3) is 10.0 Å². The molecule has 0 unspecified atom stereocenters. The Hall–Kier alpha value is -0.470. The van der Waals surface area contributed by atoms with E-state index in [-0.39, 0.29) is 0 Å². The fourth-order valence-electron chi connectivity index (χ4n) is 2.21. The van der Waals surface area contributed by atoms with Crippen molar-refractivity contribution in [1.29, 1.82) is 0 Å². The monoisotopic (exact) mass is 304 g/mol. The molecule has 1 saturated heterocycles. The lowest BCUT2D eigenvalue weighted by Gasteiger charge is -2.36. The number of nitrogens with zero attached hydrogens (tertiary/aromatic N) is 2. The third-order valence-corrected chi connectivity index (χ3v) is 6.30. The molecule has 1 aliphatic rings. The Labute approximate surface area is 118 Å². The zero-order chi connectivity index (χ0) is 14.1. The van der Waals surface area contributed by atoms with E-state index in [1.54, 1.807) is 31.4 Å². The SMILES string of the molecule is CC(C)(O)CN1CCN(S(=O)(=O)c2cccs2)CC1. The first-order valence-corrected chi connectivity index (χ1v) is 8.59. The summed E-state index contributed by atoms with van der Waals surface area (Å²) in [4.78, 5) is 2.10. The third-order valence-electron chi connectivity index (χ3n) is 3.03. The Kier molecular flexibility index (Phi) is 4.32. The zero-order valence-electron chi connectivity index (χ0n) is 11.2. The van der Waals surface area contributed by atoms with Gasteiger partial charge in [-0.05, 0) is 25.3 Å². The van der Waals surface area contributed by atoms with Crippen LogP contribution in [0.2, 0.25) is 0 Å². The van der Waals surface area contributed by atoms with Crippen molar-refractivity contribution in [3.8, 4) is 0 Å². The van der Waals surface area contributed by atoms with Gasteiger partial charge in [0.05, 0.1) is 5.60 Å². The first-order chi connectivity index (χ1) is 8.79. The fourth-order valence-corrected chi connectivity index (χ4v) is 4.78. The van der Waals surface area contributed by atoms with Crippen LogP contribution >= 0.6 is 11.3 Å². The summed E-state index contributed by atoms with van der Waals surface area (Å²) in [5.41, 5.74) is -0.741. The van der Waals surface area contributed by atoms with Crippen molar-refractivity contribution in [3.05, 3.63) is 17.5 Å². The van der Waals surface area contributed by atoms with E-state index in [4.69, 9.17) is 0 Å². The second-order valence-corrected chi connectivity index (χ2v) is 8.54. The molecule has 0 amide bonds. The predicted molar refractivity (Wildman–Crippen MR) is 75.8 cm³/mol. The Bertz CT molecular complexity index is 498. The molecule has 1 aliphatic heterocycles. The van der Waals surface area contributed by atoms with Crippen LogP contribution in [0.3, 0.4) is 0 Å². The number of piperazine rings is 1. The molecule has 7 heteroatoms. The fraction of sp³-hybridized carbons (Fsp3) is 0.667. The van der Waals surface area contributed by atoms with Gasteiger partial charge in [0.1, 0.15) is 4.21 Å². The van der Waals surface area contributed by atoms with Crippen LogP contribution in [-0.2, 0) is 10.0 Å². The molecule has 2 heterocycles. The molecular formula is C12H20N2O3S2. The minimum absolute atomic E-state index is 0.406. The maximum atomic E-state index is 12.3. The molecule has 0 radical (unpaired) electrons. The number of aliphatic hydroxyl groups is 1. The second-order valence-electron chi connectivity index (χ2n) is 5.42. The summed E-state index contributed by atoms with van der Waals surface area (Å²) in [5, 5.41) is 11.5. The number of sulfonamides is 1. The van der Waals surface area contributed by atoms with E-state index < -0.39 is 15.6 Å². The van der Waals surface area contributed by atoms with Crippen LogP contribution in [0.4, 0.5) is 0 Å². The van der Waals surface area contributed by atoms with Crippen molar-refractivity contribution in [3.63, 3.8) is 0 Å². The average molecular weight is 304 g/mol. The highest BCUT2D eigenvalue weighted by molar-refractivity contribution is 7.91. The van der Waals surface area contributed by atoms with Gasteiger partial charge in [0, 0.05) is 32.7 Å². The Morgan fingerprint density at radius 2 is 1.95 bits per heavy atom. The quantitative estimate of drug-likeness (QED) is 0.895. The number of rotatable bonds is 4. The van der Waals surface area contributed by atoms with Gasteiger partial charge in [-0.3, -0.25) is 4.90 Å². The molecule has 0 aromatic carbocycles. The molecule has 0 saturated carbocycles. The normalized spacial score (nSPS) is 19.7. The standard InChI is InChI=1S/C12H20N2O3S2/c1-12(2,15)10-13-5-7-14(8-6-13)19(16,17)11-4-3-9-18-11/h3-4,9,15H,5-8,10H2,1-2H3. The van der Waals surface area contributed by atoms with Crippen molar-refractivity contribution in [2.75, 3.05) is 32.7 Å². The molecule has 108 valence electrons. The summed E-state index contributed by atoms with van der Waals surface area (Å²) in [5.74, 6) is 0. The minimum Gasteiger partial charge on any atom is -0.389 e. The highest BCUT2D eigenvalue weighted by atomic mass is 32.2. The Morgan fingerprint density at radius 3 is 2.42 bits per heavy atom. The van der Waals surface area contributed by atoms with Crippen molar-refractivity contribution in [2.24, 2.45) is 0 Å². The highest BCUT2D eigenvalue weighted by Gasteiger charge is 2.30. The molecule has 1 aromatic rings. The molecule has 2 rings (SSSR count). The molecule has 1 aromatic heterocycles. The summed E-state index contributed by atoms with van der Waals surface area (Å²) < 4.78 is 26.6. The van der Waals surface area contributed by atoms with Crippen LogP contribution in [0.1, 0.15) is 13.8 Å². The van der Waals surface area contributed by atoms with E-state index >= 15 is 0 Å². The molecule has 1 N–H and O–H groups in total. The summed E-state index contributed by atoms with van der Waals surface area (Å²) >= 11 is 1.25. The third kappa shape index (κ3) is 3.76. The lowest BCUT2D eigenvalue weighted by atomic mass is 10.1. The first-order valence-electron chi connectivity index (χ1n) is 6.27. The van der Waals surface area contributed by atoms with E-state index in [2.05, 4.69) is 4.90 Å². The van der Waals surface area contributed by atoms with Crippen molar-refractivity contribution >= 4 is 21.4 Å². The second kappa shape index (κ2) is 5.49. The maximum absolute atomic E-state index is 12.3. The van der Waals surface area contributed by atoms with Crippen LogP contribution < -0.4 is 0 Å². The summed E-state index contributed by atoms with van der Waals surface area (Å²) in [6.07, 6.45) is 0. The van der Waals surface area contributed by atoms with Gasteiger partial charge in [-0.25, -0.2) is 8.42 Å². The van der Waals surface area contributed by atoms with E-state index in [9.17, 15) is 13.5 Å². The van der Waals surface area contributed by atoms with Crippen LogP contribution in [0, 0.1) is 0 Å². The topological polar surface area (TPSA) is 60.9 Å². The number of β-amino-alcohol motifs (C(OH)–C–C–N with tert-alkyl or cyclic N) is 1. The van der Waals surface area contributed by atoms with Gasteiger partial charge < -0.3 is 5.11 Å². The van der Waals surface area contributed by atoms with E-state index in [0.717, 1.165) is 0 Å². The van der Waals surface area contributed by atoms with E-state index in [0.29, 0.717) is 36.9 Å². The lowest BCUT2D eigenvalue weighted by molar-refractivity contribution is 0.0263. The van der Waals surface area contributed by atoms with Crippen LogP contribution in [0.5, 0.6) is 0 Å². The van der Waals surface area contributed by atoms with Gasteiger partial charge in [0.2, 0.25) is 0 Å². The lowest BCUT2D eigenvalue weighted by Crippen LogP contribution is -2.51. The Balaban J connectivity index is 1.97. The summed E-state index contributed by atoms with van der Waals surface area (Å²) in [6, 6.07) is 3.39. The molecule has 5 nitrogen and oxygen atoms in total. The molecular weight excluding hydrogens is 284 g/mol. The molecule has 0 bridgehead atoms. The van der Waals surface area contributed by atoms with Gasteiger partial charge >= 0.3 is 0 Å².